The van der Waals surface area contributed by atoms with Crippen LogP contribution in [0.4, 0.5) is 23.1 Å². The van der Waals surface area contributed by atoms with Crippen LogP contribution in [-0.4, -0.2) is 36.5 Å². The quantitative estimate of drug-likeness (QED) is 0.635. The number of ether oxygens (including phenoxy) is 3. The Labute approximate surface area is 163 Å². The van der Waals surface area contributed by atoms with E-state index in [0.29, 0.717) is 34.7 Å². The number of hydrogen-bond donors (Lipinski definition) is 2. The highest BCUT2D eigenvalue weighted by Crippen LogP contribution is 2.40. The van der Waals surface area contributed by atoms with Crippen LogP contribution in [0.1, 0.15) is 11.1 Å². The molecule has 1 heterocycles. The van der Waals surface area contributed by atoms with Gasteiger partial charge in [-0.1, -0.05) is 6.07 Å². The van der Waals surface area contributed by atoms with Gasteiger partial charge in [0.05, 0.1) is 27.5 Å². The summed E-state index contributed by atoms with van der Waals surface area (Å²) in [6.07, 6.45) is 1.57. The van der Waals surface area contributed by atoms with Crippen molar-refractivity contribution in [3.8, 4) is 17.2 Å². The molecule has 0 amide bonds. The van der Waals surface area contributed by atoms with Gasteiger partial charge in [-0.25, -0.2) is 0 Å². The van der Waals surface area contributed by atoms with Crippen molar-refractivity contribution in [2.75, 3.05) is 32.0 Å². The molecule has 3 rings (SSSR count). The molecule has 2 aromatic carbocycles. The Morgan fingerprint density at radius 1 is 0.750 bits per heavy atom. The average molecular weight is 381 g/mol. The molecule has 0 saturated carbocycles. The predicted octanol–water partition coefficient (Wildman–Crippen LogP) is 4.00. The summed E-state index contributed by atoms with van der Waals surface area (Å²) in [5, 5.41) is 14.4. The van der Waals surface area contributed by atoms with Crippen LogP contribution in [0.15, 0.2) is 36.5 Å². The molecule has 0 spiro atoms. The van der Waals surface area contributed by atoms with Gasteiger partial charge in [0.15, 0.2) is 17.3 Å². The minimum absolute atomic E-state index is 0.337. The summed E-state index contributed by atoms with van der Waals surface area (Å²) >= 11 is 0. The van der Waals surface area contributed by atoms with Crippen molar-refractivity contribution in [1.82, 2.24) is 15.2 Å². The summed E-state index contributed by atoms with van der Waals surface area (Å²) in [7, 11) is 4.68. The van der Waals surface area contributed by atoms with Crippen molar-refractivity contribution < 1.29 is 14.2 Å². The number of aryl methyl sites for hydroxylation is 2. The van der Waals surface area contributed by atoms with Crippen LogP contribution in [0, 0.1) is 13.8 Å². The molecule has 0 radical (unpaired) electrons. The fourth-order valence-corrected chi connectivity index (χ4v) is 2.89. The number of benzene rings is 2. The van der Waals surface area contributed by atoms with Gasteiger partial charge in [0.2, 0.25) is 11.7 Å². The van der Waals surface area contributed by atoms with Crippen molar-refractivity contribution in [3.05, 3.63) is 47.7 Å². The first-order chi connectivity index (χ1) is 13.5. The van der Waals surface area contributed by atoms with E-state index in [1.807, 2.05) is 26.0 Å². The van der Waals surface area contributed by atoms with Gasteiger partial charge < -0.3 is 24.8 Å². The lowest BCUT2D eigenvalue weighted by molar-refractivity contribution is 0.324. The molecule has 0 fully saturated rings. The predicted molar refractivity (Wildman–Crippen MR) is 108 cm³/mol. The van der Waals surface area contributed by atoms with Crippen LogP contribution >= 0.6 is 0 Å². The van der Waals surface area contributed by atoms with Gasteiger partial charge in [-0.2, -0.15) is 10.1 Å². The van der Waals surface area contributed by atoms with Gasteiger partial charge in [-0.15, -0.1) is 5.10 Å². The zero-order valence-corrected chi connectivity index (χ0v) is 16.5. The van der Waals surface area contributed by atoms with E-state index in [1.54, 1.807) is 39.7 Å². The fraction of sp³-hybridized carbons (Fsp3) is 0.250. The second-order valence-corrected chi connectivity index (χ2v) is 6.21. The first kappa shape index (κ1) is 19.2. The second kappa shape index (κ2) is 8.43. The standard InChI is InChI=1S/C20H23N5O3/c1-12-6-13(2)8-14(7-12)22-18-11-21-25-20(24-18)23-15-9-16(26-3)19(28-5)17(10-15)27-4/h6-11H,1-5H3,(H2,22,23,24,25). The Morgan fingerprint density at radius 2 is 1.36 bits per heavy atom. The lowest BCUT2D eigenvalue weighted by atomic mass is 10.1. The molecule has 0 aliphatic carbocycles. The molecule has 146 valence electrons. The van der Waals surface area contributed by atoms with Crippen LogP contribution in [-0.2, 0) is 0 Å². The number of hydrogen-bond acceptors (Lipinski definition) is 8. The lowest BCUT2D eigenvalue weighted by Gasteiger charge is -2.14. The van der Waals surface area contributed by atoms with E-state index < -0.39 is 0 Å². The Bertz CT molecular complexity index is 933. The van der Waals surface area contributed by atoms with Crippen LogP contribution < -0.4 is 24.8 Å². The topological polar surface area (TPSA) is 90.4 Å². The van der Waals surface area contributed by atoms with Crippen molar-refractivity contribution >= 4 is 23.1 Å². The third-order valence-electron chi connectivity index (χ3n) is 3.97. The highest BCUT2D eigenvalue weighted by Gasteiger charge is 2.14. The van der Waals surface area contributed by atoms with Gasteiger partial charge in [0, 0.05) is 23.5 Å². The Morgan fingerprint density at radius 3 is 1.93 bits per heavy atom. The van der Waals surface area contributed by atoms with E-state index in [2.05, 4.69) is 31.9 Å². The molecule has 0 unspecified atom stereocenters. The van der Waals surface area contributed by atoms with E-state index in [9.17, 15) is 0 Å². The number of nitrogens with one attached hydrogen (secondary N) is 2. The summed E-state index contributed by atoms with van der Waals surface area (Å²) in [4.78, 5) is 4.47. The minimum atomic E-state index is 0.337. The van der Waals surface area contributed by atoms with Gasteiger partial charge in [-0.3, -0.25) is 0 Å². The normalized spacial score (nSPS) is 10.3. The van der Waals surface area contributed by atoms with Crippen molar-refractivity contribution in [2.45, 2.75) is 13.8 Å². The summed E-state index contributed by atoms with van der Waals surface area (Å²) < 4.78 is 16.1. The van der Waals surface area contributed by atoms with Crippen molar-refractivity contribution in [2.24, 2.45) is 0 Å². The zero-order valence-electron chi connectivity index (χ0n) is 16.5. The largest absolute Gasteiger partial charge is 0.493 e. The summed E-state index contributed by atoms with van der Waals surface area (Å²) in [6.45, 7) is 4.10. The maximum Gasteiger partial charge on any atom is 0.249 e. The molecular formula is C20H23N5O3. The second-order valence-electron chi connectivity index (χ2n) is 6.21. The van der Waals surface area contributed by atoms with Crippen LogP contribution in [0.2, 0.25) is 0 Å². The fourth-order valence-electron chi connectivity index (χ4n) is 2.89. The third-order valence-corrected chi connectivity index (χ3v) is 3.97. The third kappa shape index (κ3) is 4.40. The van der Waals surface area contributed by atoms with E-state index in [-0.39, 0.29) is 0 Å². The smallest absolute Gasteiger partial charge is 0.249 e. The molecule has 1 aromatic heterocycles. The van der Waals surface area contributed by atoms with E-state index in [0.717, 1.165) is 5.69 Å². The van der Waals surface area contributed by atoms with E-state index in [1.165, 1.54) is 11.1 Å². The molecule has 0 atom stereocenters. The van der Waals surface area contributed by atoms with Crippen LogP contribution in [0.3, 0.4) is 0 Å². The first-order valence-corrected chi connectivity index (χ1v) is 8.64. The van der Waals surface area contributed by atoms with Crippen molar-refractivity contribution in [3.63, 3.8) is 0 Å². The number of methoxy groups -OCH3 is 3. The lowest BCUT2D eigenvalue weighted by Crippen LogP contribution is -2.03. The van der Waals surface area contributed by atoms with Gasteiger partial charge >= 0.3 is 0 Å². The van der Waals surface area contributed by atoms with Gasteiger partial charge in [0.25, 0.3) is 0 Å². The highest BCUT2D eigenvalue weighted by molar-refractivity contribution is 5.66. The number of anilines is 4. The molecule has 0 saturated heterocycles. The molecule has 2 N–H and O–H groups in total. The molecule has 0 aliphatic heterocycles. The molecule has 0 bridgehead atoms. The average Bonchev–Trinajstić information content (AvgIpc) is 2.66. The zero-order chi connectivity index (χ0) is 20.1. The van der Waals surface area contributed by atoms with Crippen LogP contribution in [0.25, 0.3) is 0 Å². The Kier molecular flexibility index (Phi) is 5.78. The molecule has 28 heavy (non-hydrogen) atoms. The summed E-state index contributed by atoms with van der Waals surface area (Å²) in [5.74, 6) is 2.49. The maximum absolute atomic E-state index is 5.37. The molecule has 3 aromatic rings. The minimum Gasteiger partial charge on any atom is -0.493 e. The highest BCUT2D eigenvalue weighted by atomic mass is 16.5. The van der Waals surface area contributed by atoms with E-state index in [4.69, 9.17) is 14.2 Å². The molecule has 8 nitrogen and oxygen atoms in total. The van der Waals surface area contributed by atoms with Gasteiger partial charge in [0.1, 0.15) is 0 Å². The van der Waals surface area contributed by atoms with E-state index >= 15 is 0 Å². The summed E-state index contributed by atoms with van der Waals surface area (Å²) in [5.41, 5.74) is 3.96. The van der Waals surface area contributed by atoms with Gasteiger partial charge in [-0.05, 0) is 37.1 Å². The first-order valence-electron chi connectivity index (χ1n) is 8.64. The van der Waals surface area contributed by atoms with Crippen molar-refractivity contribution in [1.29, 1.82) is 0 Å². The molecular weight excluding hydrogens is 358 g/mol. The maximum atomic E-state index is 5.37. The number of aromatic nitrogens is 3. The molecule has 0 aliphatic rings. The SMILES string of the molecule is COc1cc(Nc2nncc(Nc3cc(C)cc(C)c3)n2)cc(OC)c1OC. The molecule has 8 heteroatoms. The monoisotopic (exact) mass is 381 g/mol. The Hall–Kier alpha value is -3.55. The Balaban J connectivity index is 1.85. The van der Waals surface area contributed by atoms with Crippen LogP contribution in [0.5, 0.6) is 17.2 Å². The number of nitrogens with zero attached hydrogens (tertiary/aromatic N) is 3. The summed E-state index contributed by atoms with van der Waals surface area (Å²) in [6, 6.07) is 9.74. The number of rotatable bonds is 7.